The molecular formula is C17H26O11. The summed E-state index contributed by atoms with van der Waals surface area (Å²) in [6.07, 6.45) is -8.06. The highest BCUT2D eigenvalue weighted by Crippen LogP contribution is 2.51. The molecule has 2 fully saturated rings. The van der Waals surface area contributed by atoms with Gasteiger partial charge in [-0.1, -0.05) is 0 Å². The largest absolute Gasteiger partial charge is 0.472 e. The molecular weight excluding hydrogens is 380 g/mol. The van der Waals surface area contributed by atoms with Crippen molar-refractivity contribution in [1.29, 1.82) is 0 Å². The molecule has 0 bridgehead atoms. The number of aliphatic hydroxyl groups is 6. The minimum Gasteiger partial charge on any atom is -0.472 e. The third kappa shape index (κ3) is 3.42. The summed E-state index contributed by atoms with van der Waals surface area (Å²) in [5.74, 6) is -1.74. The summed E-state index contributed by atoms with van der Waals surface area (Å²) in [5, 5.41) is 60.6. The van der Waals surface area contributed by atoms with Gasteiger partial charge in [-0.3, -0.25) is 4.79 Å². The monoisotopic (exact) mass is 406 g/mol. The number of aliphatic hydroxyl groups excluding tert-OH is 5. The van der Waals surface area contributed by atoms with Crippen molar-refractivity contribution in [3.8, 4) is 0 Å². The molecule has 0 spiro atoms. The molecule has 0 amide bonds. The zero-order valence-corrected chi connectivity index (χ0v) is 15.4. The number of ether oxygens (including phenoxy) is 4. The second kappa shape index (κ2) is 7.50. The number of hydrogen-bond donors (Lipinski definition) is 6. The molecule has 3 rings (SSSR count). The standard InChI is InChI=1S/C17H26O11/c1-7(19)28-16(2)5-9(20)17(24)3-4-25-15(13(16)17)27-14-12(23)11(22)10(21)8(6-18)26-14/h3-4,8-15,18,20-24H,5-6H2,1-2H3/t8-,9-,10-,11+,12+,13-,14-,15+,16+,17+/m1/s1. The molecule has 0 aromatic rings. The van der Waals surface area contributed by atoms with Gasteiger partial charge in [-0.2, -0.15) is 0 Å². The Balaban J connectivity index is 1.87. The summed E-state index contributed by atoms with van der Waals surface area (Å²) >= 11 is 0. The van der Waals surface area contributed by atoms with Crippen molar-refractivity contribution in [1.82, 2.24) is 0 Å². The van der Waals surface area contributed by atoms with Crippen molar-refractivity contribution in [2.75, 3.05) is 6.61 Å². The van der Waals surface area contributed by atoms with E-state index in [0.29, 0.717) is 0 Å². The summed E-state index contributed by atoms with van der Waals surface area (Å²) in [7, 11) is 0. The van der Waals surface area contributed by atoms with E-state index in [-0.39, 0.29) is 6.42 Å². The quantitative estimate of drug-likeness (QED) is 0.264. The van der Waals surface area contributed by atoms with Crippen LogP contribution in [0.5, 0.6) is 0 Å². The lowest BCUT2D eigenvalue weighted by Crippen LogP contribution is -2.62. The van der Waals surface area contributed by atoms with Crippen LogP contribution in [0.1, 0.15) is 20.3 Å². The van der Waals surface area contributed by atoms with E-state index in [1.165, 1.54) is 19.9 Å². The fourth-order valence-electron chi connectivity index (χ4n) is 4.25. The first-order valence-corrected chi connectivity index (χ1v) is 8.92. The normalized spacial score (nSPS) is 50.7. The average molecular weight is 406 g/mol. The van der Waals surface area contributed by atoms with Gasteiger partial charge in [-0.25, -0.2) is 0 Å². The SMILES string of the molecule is CC(=O)O[C@@]1(C)C[C@@H](O)[C@@]2(O)C=CO[C@@H](O[C@H]3O[C@H](CO)[C@@H](O)[C@H](O)[C@@H]3O)[C@@H]21. The van der Waals surface area contributed by atoms with E-state index in [2.05, 4.69) is 0 Å². The maximum atomic E-state index is 11.6. The van der Waals surface area contributed by atoms with Gasteiger partial charge in [0.1, 0.15) is 35.6 Å². The van der Waals surface area contributed by atoms with Crippen molar-refractivity contribution in [3.63, 3.8) is 0 Å². The molecule has 0 unspecified atom stereocenters. The van der Waals surface area contributed by atoms with E-state index in [9.17, 15) is 35.4 Å². The number of rotatable bonds is 4. The third-order valence-electron chi connectivity index (χ3n) is 5.60. The maximum absolute atomic E-state index is 11.6. The Hall–Kier alpha value is -1.31. The maximum Gasteiger partial charge on any atom is 0.303 e. The van der Waals surface area contributed by atoms with Crippen LogP contribution >= 0.6 is 0 Å². The lowest BCUT2D eigenvalue weighted by molar-refractivity contribution is -0.351. The van der Waals surface area contributed by atoms with Gasteiger partial charge in [0, 0.05) is 13.3 Å². The molecule has 11 heteroatoms. The number of fused-ring (bicyclic) bond motifs is 1. The number of carbonyl (C=O) groups is 1. The van der Waals surface area contributed by atoms with Crippen molar-refractivity contribution in [2.45, 2.75) is 74.6 Å². The highest BCUT2D eigenvalue weighted by atomic mass is 16.8. The Bertz CT molecular complexity index is 624. The Kier molecular flexibility index (Phi) is 5.73. The molecule has 1 aliphatic carbocycles. The molecule has 1 saturated carbocycles. The minimum atomic E-state index is -1.85. The van der Waals surface area contributed by atoms with E-state index in [1.807, 2.05) is 0 Å². The van der Waals surface area contributed by atoms with Gasteiger partial charge in [0.2, 0.25) is 6.29 Å². The van der Waals surface area contributed by atoms with Crippen LogP contribution in [0.4, 0.5) is 0 Å². The summed E-state index contributed by atoms with van der Waals surface area (Å²) < 4.78 is 21.7. The molecule has 160 valence electrons. The predicted molar refractivity (Wildman–Crippen MR) is 88.1 cm³/mol. The molecule has 2 heterocycles. The summed E-state index contributed by atoms with van der Waals surface area (Å²) in [4.78, 5) is 11.6. The molecule has 3 aliphatic rings. The van der Waals surface area contributed by atoms with Crippen molar-refractivity contribution in [2.24, 2.45) is 5.92 Å². The molecule has 10 atom stereocenters. The van der Waals surface area contributed by atoms with Crippen molar-refractivity contribution in [3.05, 3.63) is 12.3 Å². The van der Waals surface area contributed by atoms with E-state index in [4.69, 9.17) is 18.9 Å². The highest BCUT2D eigenvalue weighted by molar-refractivity contribution is 5.66. The first-order chi connectivity index (χ1) is 13.0. The van der Waals surface area contributed by atoms with Crippen molar-refractivity contribution < 1.29 is 54.4 Å². The summed E-state index contributed by atoms with van der Waals surface area (Å²) in [5.41, 5.74) is -3.22. The van der Waals surface area contributed by atoms with Gasteiger partial charge in [-0.05, 0) is 13.0 Å². The average Bonchev–Trinajstić information content (AvgIpc) is 2.81. The molecule has 0 aromatic heterocycles. The minimum absolute atomic E-state index is 0.101. The van der Waals surface area contributed by atoms with E-state index >= 15 is 0 Å². The van der Waals surface area contributed by atoms with Crippen LogP contribution in [0.3, 0.4) is 0 Å². The van der Waals surface area contributed by atoms with E-state index in [1.54, 1.807) is 0 Å². The molecule has 11 nitrogen and oxygen atoms in total. The molecule has 0 radical (unpaired) electrons. The van der Waals surface area contributed by atoms with Crippen LogP contribution in [-0.4, -0.2) is 97.5 Å². The van der Waals surface area contributed by atoms with Crippen LogP contribution in [0.15, 0.2) is 12.3 Å². The lowest BCUT2D eigenvalue weighted by atomic mass is 9.81. The number of hydrogen-bond acceptors (Lipinski definition) is 11. The second-order valence-electron chi connectivity index (χ2n) is 7.63. The fourth-order valence-corrected chi connectivity index (χ4v) is 4.25. The molecule has 1 saturated heterocycles. The first-order valence-electron chi connectivity index (χ1n) is 8.92. The topological polar surface area (TPSA) is 175 Å². The summed E-state index contributed by atoms with van der Waals surface area (Å²) in [6.45, 7) is 2.04. The Morgan fingerprint density at radius 1 is 1.18 bits per heavy atom. The second-order valence-corrected chi connectivity index (χ2v) is 7.63. The molecule has 2 aliphatic heterocycles. The molecule has 6 N–H and O–H groups in total. The van der Waals surface area contributed by atoms with Crippen molar-refractivity contribution >= 4 is 5.97 Å². The van der Waals surface area contributed by atoms with Gasteiger partial charge in [-0.15, -0.1) is 0 Å². The fraction of sp³-hybridized carbons (Fsp3) is 0.824. The number of esters is 1. The van der Waals surface area contributed by atoms with Crippen LogP contribution < -0.4 is 0 Å². The van der Waals surface area contributed by atoms with Gasteiger partial charge in [0.05, 0.1) is 24.9 Å². The zero-order valence-electron chi connectivity index (χ0n) is 15.4. The Morgan fingerprint density at radius 3 is 2.46 bits per heavy atom. The highest BCUT2D eigenvalue weighted by Gasteiger charge is 2.66. The summed E-state index contributed by atoms with van der Waals surface area (Å²) in [6, 6.07) is 0. The predicted octanol–water partition coefficient (Wildman–Crippen LogP) is -2.89. The number of carbonyl (C=O) groups excluding carboxylic acids is 1. The first kappa shape index (κ1) is 21.4. The third-order valence-corrected chi connectivity index (χ3v) is 5.60. The smallest absolute Gasteiger partial charge is 0.303 e. The van der Waals surface area contributed by atoms with Gasteiger partial charge >= 0.3 is 5.97 Å². The lowest BCUT2D eigenvalue weighted by Gasteiger charge is -2.45. The Labute approximate surface area is 160 Å². The van der Waals surface area contributed by atoms with Gasteiger partial charge < -0.3 is 49.6 Å². The van der Waals surface area contributed by atoms with E-state index in [0.717, 1.165) is 6.26 Å². The zero-order chi connectivity index (χ0) is 20.9. The van der Waals surface area contributed by atoms with Gasteiger partial charge in [0.15, 0.2) is 6.29 Å². The molecule has 28 heavy (non-hydrogen) atoms. The van der Waals surface area contributed by atoms with E-state index < -0.39 is 72.8 Å². The van der Waals surface area contributed by atoms with Crippen LogP contribution in [0.25, 0.3) is 0 Å². The van der Waals surface area contributed by atoms with Crippen LogP contribution in [-0.2, 0) is 23.7 Å². The Morgan fingerprint density at radius 2 is 1.86 bits per heavy atom. The van der Waals surface area contributed by atoms with Crippen LogP contribution in [0.2, 0.25) is 0 Å². The van der Waals surface area contributed by atoms with Crippen LogP contribution in [0, 0.1) is 5.92 Å². The van der Waals surface area contributed by atoms with Gasteiger partial charge in [0.25, 0.3) is 0 Å². The molecule has 0 aromatic carbocycles.